The van der Waals surface area contributed by atoms with Crippen LogP contribution in [-0.2, 0) is 16.1 Å². The van der Waals surface area contributed by atoms with Crippen molar-refractivity contribution in [2.24, 2.45) is 5.41 Å². The Morgan fingerprint density at radius 2 is 2.19 bits per heavy atom. The number of amides is 1. The first-order valence-electron chi connectivity index (χ1n) is 7.51. The summed E-state index contributed by atoms with van der Waals surface area (Å²) in [4.78, 5) is 14.2. The van der Waals surface area contributed by atoms with Crippen LogP contribution in [0, 0.1) is 11.2 Å². The largest absolute Gasteiger partial charge is 0.372 e. The van der Waals surface area contributed by atoms with Crippen molar-refractivity contribution < 1.29 is 13.9 Å². The van der Waals surface area contributed by atoms with E-state index < -0.39 is 0 Å². The van der Waals surface area contributed by atoms with Crippen LogP contribution in [0.1, 0.15) is 39.2 Å². The van der Waals surface area contributed by atoms with Gasteiger partial charge in [-0.1, -0.05) is 32.9 Å². The van der Waals surface area contributed by atoms with Gasteiger partial charge in [-0.15, -0.1) is 0 Å². The summed E-state index contributed by atoms with van der Waals surface area (Å²) in [5.74, 6) is -0.0779. The van der Waals surface area contributed by atoms with Crippen molar-refractivity contribution >= 4 is 5.91 Å². The standard InChI is InChI=1S/C17H24FNO2/c1-17(2,3)16(20)19-9-5-8-15(11-19)21-12-13-6-4-7-14(18)10-13/h4,6-7,10,15H,5,8-9,11-12H2,1-3H3. The highest BCUT2D eigenvalue weighted by Gasteiger charge is 2.31. The Hall–Kier alpha value is -1.42. The summed E-state index contributed by atoms with van der Waals surface area (Å²) >= 11 is 0. The molecule has 0 saturated carbocycles. The van der Waals surface area contributed by atoms with E-state index in [1.807, 2.05) is 31.7 Å². The molecule has 1 heterocycles. The zero-order valence-corrected chi connectivity index (χ0v) is 13.1. The second-order valence-corrected chi connectivity index (χ2v) is 6.71. The van der Waals surface area contributed by atoms with Crippen LogP contribution < -0.4 is 0 Å². The molecule has 0 bridgehead atoms. The van der Waals surface area contributed by atoms with Gasteiger partial charge < -0.3 is 9.64 Å². The summed E-state index contributed by atoms with van der Waals surface area (Å²) < 4.78 is 19.0. The third-order valence-corrected chi connectivity index (χ3v) is 3.68. The number of nitrogens with zero attached hydrogens (tertiary/aromatic N) is 1. The van der Waals surface area contributed by atoms with Gasteiger partial charge in [0, 0.05) is 18.5 Å². The van der Waals surface area contributed by atoms with Gasteiger partial charge in [-0.25, -0.2) is 4.39 Å². The lowest BCUT2D eigenvalue weighted by molar-refractivity contribution is -0.143. The number of hydrogen-bond acceptors (Lipinski definition) is 2. The third-order valence-electron chi connectivity index (χ3n) is 3.68. The average molecular weight is 293 g/mol. The molecule has 4 heteroatoms. The van der Waals surface area contributed by atoms with Gasteiger partial charge in [0.05, 0.1) is 12.7 Å². The molecule has 1 unspecified atom stereocenters. The van der Waals surface area contributed by atoms with Crippen LogP contribution in [0.3, 0.4) is 0 Å². The maximum Gasteiger partial charge on any atom is 0.228 e. The minimum absolute atomic E-state index is 0.0355. The van der Waals surface area contributed by atoms with Crippen molar-refractivity contribution in [2.45, 2.75) is 46.3 Å². The topological polar surface area (TPSA) is 29.5 Å². The monoisotopic (exact) mass is 293 g/mol. The number of carbonyl (C=O) groups excluding carboxylic acids is 1. The van der Waals surface area contributed by atoms with Gasteiger partial charge in [-0.3, -0.25) is 4.79 Å². The molecule has 1 fully saturated rings. The van der Waals surface area contributed by atoms with E-state index in [-0.39, 0.29) is 23.2 Å². The number of carbonyl (C=O) groups is 1. The Kier molecular flexibility index (Phi) is 4.99. The van der Waals surface area contributed by atoms with Crippen molar-refractivity contribution in [3.8, 4) is 0 Å². The first-order chi connectivity index (χ1) is 9.86. The minimum atomic E-state index is -0.357. The van der Waals surface area contributed by atoms with E-state index in [1.54, 1.807) is 6.07 Å². The molecule has 1 aromatic rings. The molecule has 1 aliphatic rings. The molecule has 0 N–H and O–H groups in total. The molecule has 116 valence electrons. The molecule has 0 spiro atoms. The van der Waals surface area contributed by atoms with Crippen molar-refractivity contribution in [3.05, 3.63) is 35.6 Å². The Morgan fingerprint density at radius 1 is 1.43 bits per heavy atom. The molecule has 1 aromatic carbocycles. The molecule has 21 heavy (non-hydrogen) atoms. The van der Waals surface area contributed by atoms with E-state index in [0.29, 0.717) is 13.2 Å². The second-order valence-electron chi connectivity index (χ2n) is 6.71. The van der Waals surface area contributed by atoms with E-state index in [0.717, 1.165) is 24.9 Å². The van der Waals surface area contributed by atoms with Gasteiger partial charge in [0.15, 0.2) is 0 Å². The fourth-order valence-corrected chi connectivity index (χ4v) is 2.57. The number of ether oxygens (including phenoxy) is 1. The van der Waals surface area contributed by atoms with Crippen molar-refractivity contribution in [1.29, 1.82) is 0 Å². The van der Waals surface area contributed by atoms with E-state index in [4.69, 9.17) is 4.74 Å². The molecule has 2 rings (SSSR count). The smallest absolute Gasteiger partial charge is 0.228 e. The molecular weight excluding hydrogens is 269 g/mol. The maximum absolute atomic E-state index is 13.1. The van der Waals surface area contributed by atoms with Crippen molar-refractivity contribution in [1.82, 2.24) is 4.90 Å². The zero-order chi connectivity index (χ0) is 15.5. The lowest BCUT2D eigenvalue weighted by atomic mass is 9.93. The van der Waals surface area contributed by atoms with E-state index in [2.05, 4.69) is 0 Å². The van der Waals surface area contributed by atoms with Gasteiger partial charge >= 0.3 is 0 Å². The highest BCUT2D eigenvalue weighted by atomic mass is 19.1. The number of likely N-dealkylation sites (tertiary alicyclic amines) is 1. The molecule has 1 atom stereocenters. The fourth-order valence-electron chi connectivity index (χ4n) is 2.57. The Morgan fingerprint density at radius 3 is 2.86 bits per heavy atom. The number of piperidine rings is 1. The molecule has 1 aliphatic heterocycles. The lowest BCUT2D eigenvalue weighted by Crippen LogP contribution is -2.47. The van der Waals surface area contributed by atoms with E-state index in [9.17, 15) is 9.18 Å². The number of rotatable bonds is 3. The molecular formula is C17H24FNO2. The Labute approximate surface area is 126 Å². The number of benzene rings is 1. The van der Waals surface area contributed by atoms with Gasteiger partial charge in [-0.2, -0.15) is 0 Å². The highest BCUT2D eigenvalue weighted by molar-refractivity contribution is 5.81. The third kappa shape index (κ3) is 4.53. The van der Waals surface area contributed by atoms with Gasteiger partial charge in [0.1, 0.15) is 5.82 Å². The fraction of sp³-hybridized carbons (Fsp3) is 0.588. The lowest BCUT2D eigenvalue weighted by Gasteiger charge is -2.36. The van der Waals surface area contributed by atoms with Crippen LogP contribution in [0.2, 0.25) is 0 Å². The predicted octanol–water partition coefficient (Wildman–Crippen LogP) is 3.38. The van der Waals surface area contributed by atoms with Gasteiger partial charge in [-0.05, 0) is 30.5 Å². The summed E-state index contributed by atoms with van der Waals surface area (Å²) in [5, 5.41) is 0. The van der Waals surface area contributed by atoms with Gasteiger partial charge in [0.25, 0.3) is 0 Å². The average Bonchev–Trinajstić information content (AvgIpc) is 2.44. The summed E-state index contributed by atoms with van der Waals surface area (Å²) in [5.41, 5.74) is 0.471. The summed E-state index contributed by atoms with van der Waals surface area (Å²) in [7, 11) is 0. The first-order valence-corrected chi connectivity index (χ1v) is 7.51. The summed E-state index contributed by atoms with van der Waals surface area (Å²) in [6.45, 7) is 7.63. The van der Waals surface area contributed by atoms with E-state index in [1.165, 1.54) is 12.1 Å². The normalized spacial score (nSPS) is 19.6. The summed E-state index contributed by atoms with van der Waals surface area (Å²) in [6.07, 6.45) is 1.94. The number of hydrogen-bond donors (Lipinski definition) is 0. The van der Waals surface area contributed by atoms with Crippen molar-refractivity contribution in [3.63, 3.8) is 0 Å². The van der Waals surface area contributed by atoms with Crippen LogP contribution in [0.25, 0.3) is 0 Å². The molecule has 0 aromatic heterocycles. The first kappa shape index (κ1) is 16.0. The van der Waals surface area contributed by atoms with Crippen LogP contribution in [0.5, 0.6) is 0 Å². The predicted molar refractivity (Wildman–Crippen MR) is 80.2 cm³/mol. The summed E-state index contributed by atoms with van der Waals surface area (Å²) in [6, 6.07) is 6.45. The molecule has 1 amide bonds. The SMILES string of the molecule is CC(C)(C)C(=O)N1CCCC(OCc2cccc(F)c2)C1. The minimum Gasteiger partial charge on any atom is -0.372 e. The molecule has 3 nitrogen and oxygen atoms in total. The van der Waals surface area contributed by atoms with Crippen LogP contribution in [0.15, 0.2) is 24.3 Å². The second kappa shape index (κ2) is 6.56. The quantitative estimate of drug-likeness (QED) is 0.855. The maximum atomic E-state index is 13.1. The Bertz CT molecular complexity index is 496. The van der Waals surface area contributed by atoms with Crippen LogP contribution in [-0.4, -0.2) is 30.0 Å². The number of halogens is 1. The molecule has 0 aliphatic carbocycles. The molecule has 1 saturated heterocycles. The van der Waals surface area contributed by atoms with Gasteiger partial charge in [0.2, 0.25) is 5.91 Å². The van der Waals surface area contributed by atoms with Crippen molar-refractivity contribution in [2.75, 3.05) is 13.1 Å². The zero-order valence-electron chi connectivity index (χ0n) is 13.1. The van der Waals surface area contributed by atoms with Crippen LogP contribution >= 0.6 is 0 Å². The van der Waals surface area contributed by atoms with Crippen LogP contribution in [0.4, 0.5) is 4.39 Å². The van der Waals surface area contributed by atoms with E-state index >= 15 is 0 Å². The highest BCUT2D eigenvalue weighted by Crippen LogP contribution is 2.22. The Balaban J connectivity index is 1.88. The molecule has 0 radical (unpaired) electrons.